The Morgan fingerprint density at radius 2 is 2.00 bits per heavy atom. The minimum absolute atomic E-state index is 0.497. The van der Waals surface area contributed by atoms with Crippen LogP contribution < -0.4 is 4.74 Å². The summed E-state index contributed by atoms with van der Waals surface area (Å²) < 4.78 is 6.19. The zero-order valence-corrected chi connectivity index (χ0v) is 9.30. The molecule has 2 nitrogen and oxygen atoms in total. The van der Waals surface area contributed by atoms with Gasteiger partial charge in [-0.15, -0.1) is 0 Å². The molecule has 0 aliphatic rings. The fourth-order valence-corrected chi connectivity index (χ4v) is 1.07. The first-order valence-electron chi connectivity index (χ1n) is 3.71. The summed E-state index contributed by atoms with van der Waals surface area (Å²) in [6, 6.07) is 7.20. The van der Waals surface area contributed by atoms with Gasteiger partial charge in [0.15, 0.2) is 6.10 Å². The second-order valence-corrected chi connectivity index (χ2v) is 3.81. The summed E-state index contributed by atoms with van der Waals surface area (Å²) >= 11 is 8.53. The van der Waals surface area contributed by atoms with Gasteiger partial charge in [-0.05, 0) is 42.8 Å². The average Bonchev–Trinajstić information content (AvgIpc) is 2.08. The van der Waals surface area contributed by atoms with Crippen LogP contribution in [0.15, 0.2) is 28.7 Å². The van der Waals surface area contributed by atoms with E-state index in [2.05, 4.69) is 15.9 Å². The Labute approximate surface area is 90.0 Å². The Morgan fingerprint density at radius 3 is 2.46 bits per heavy atom. The van der Waals surface area contributed by atoms with Crippen LogP contribution in [0.4, 0.5) is 0 Å². The van der Waals surface area contributed by atoms with Crippen LogP contribution in [0.3, 0.4) is 0 Å². The van der Waals surface area contributed by atoms with Crippen LogP contribution in [-0.2, 0) is 4.79 Å². The topological polar surface area (TPSA) is 26.3 Å². The van der Waals surface area contributed by atoms with Gasteiger partial charge in [-0.3, -0.25) is 4.79 Å². The molecule has 0 spiro atoms. The molecule has 0 aliphatic carbocycles. The van der Waals surface area contributed by atoms with E-state index in [1.807, 2.05) is 12.1 Å². The fourth-order valence-electron chi connectivity index (χ4n) is 0.764. The Bertz CT molecular complexity index is 297. The maximum absolute atomic E-state index is 10.6. The van der Waals surface area contributed by atoms with Crippen molar-refractivity contribution in [1.29, 1.82) is 0 Å². The van der Waals surface area contributed by atoms with Gasteiger partial charge in [0.05, 0.1) is 0 Å². The van der Waals surface area contributed by atoms with E-state index < -0.39 is 11.3 Å². The van der Waals surface area contributed by atoms with Gasteiger partial charge in [0.1, 0.15) is 5.75 Å². The summed E-state index contributed by atoms with van der Waals surface area (Å²) in [5.74, 6) is 0.629. The van der Waals surface area contributed by atoms with E-state index in [0.717, 1.165) is 4.47 Å². The molecule has 0 N–H and O–H groups in total. The Balaban J connectivity index is 2.64. The molecule has 0 heterocycles. The van der Waals surface area contributed by atoms with Crippen LogP contribution in [-0.4, -0.2) is 11.3 Å². The molecule has 13 heavy (non-hydrogen) atoms. The number of carbonyl (C=O) groups is 1. The Morgan fingerprint density at radius 1 is 1.46 bits per heavy atom. The minimum atomic E-state index is -0.608. The number of ether oxygens (including phenoxy) is 1. The highest BCUT2D eigenvalue weighted by Gasteiger charge is 2.10. The smallest absolute Gasteiger partial charge is 0.262 e. The SMILES string of the molecule is CC(Oc1ccc(Br)cc1)C(=O)Cl. The van der Waals surface area contributed by atoms with E-state index in [9.17, 15) is 4.79 Å². The highest BCUT2D eigenvalue weighted by molar-refractivity contribution is 9.10. The third-order valence-electron chi connectivity index (χ3n) is 1.45. The lowest BCUT2D eigenvalue weighted by atomic mass is 10.3. The molecule has 1 atom stereocenters. The minimum Gasteiger partial charge on any atom is -0.482 e. The molecule has 0 amide bonds. The third-order valence-corrected chi connectivity index (χ3v) is 2.28. The van der Waals surface area contributed by atoms with Gasteiger partial charge in [-0.1, -0.05) is 15.9 Å². The maximum Gasteiger partial charge on any atom is 0.262 e. The van der Waals surface area contributed by atoms with E-state index >= 15 is 0 Å². The molecule has 0 aromatic heterocycles. The highest BCUT2D eigenvalue weighted by atomic mass is 79.9. The van der Waals surface area contributed by atoms with Gasteiger partial charge in [0, 0.05) is 4.47 Å². The van der Waals surface area contributed by atoms with Crippen LogP contribution in [0.2, 0.25) is 0 Å². The second kappa shape index (κ2) is 4.63. The molecule has 4 heteroatoms. The lowest BCUT2D eigenvalue weighted by molar-refractivity contribution is -0.117. The second-order valence-electron chi connectivity index (χ2n) is 2.52. The van der Waals surface area contributed by atoms with Crippen molar-refractivity contribution >= 4 is 32.8 Å². The molecule has 1 unspecified atom stereocenters. The molecule has 70 valence electrons. The maximum atomic E-state index is 10.6. The van der Waals surface area contributed by atoms with Crippen molar-refractivity contribution < 1.29 is 9.53 Å². The summed E-state index contributed by atoms with van der Waals surface area (Å²) in [6.07, 6.45) is -0.608. The number of benzene rings is 1. The number of carbonyl (C=O) groups excluding carboxylic acids is 1. The van der Waals surface area contributed by atoms with Crippen LogP contribution in [0, 0.1) is 0 Å². The van der Waals surface area contributed by atoms with Crippen molar-refractivity contribution in [1.82, 2.24) is 0 Å². The summed E-state index contributed by atoms with van der Waals surface area (Å²) in [7, 11) is 0. The summed E-state index contributed by atoms with van der Waals surface area (Å²) in [6.45, 7) is 1.61. The standard InChI is InChI=1S/C9H8BrClO2/c1-6(9(11)12)13-8-4-2-7(10)3-5-8/h2-6H,1H3. The van der Waals surface area contributed by atoms with Crippen molar-refractivity contribution in [2.75, 3.05) is 0 Å². The molecule has 0 saturated carbocycles. The van der Waals surface area contributed by atoms with E-state index in [1.165, 1.54) is 0 Å². The first-order valence-corrected chi connectivity index (χ1v) is 4.88. The summed E-state index contributed by atoms with van der Waals surface area (Å²) in [5, 5.41) is -0.497. The van der Waals surface area contributed by atoms with Crippen molar-refractivity contribution in [3.05, 3.63) is 28.7 Å². The molecule has 0 radical (unpaired) electrons. The largest absolute Gasteiger partial charge is 0.482 e. The number of halogens is 2. The first kappa shape index (κ1) is 10.5. The van der Waals surface area contributed by atoms with Gasteiger partial charge in [0.25, 0.3) is 5.24 Å². The average molecular weight is 264 g/mol. The number of hydrogen-bond donors (Lipinski definition) is 0. The van der Waals surface area contributed by atoms with Gasteiger partial charge >= 0.3 is 0 Å². The molecular formula is C9H8BrClO2. The summed E-state index contributed by atoms with van der Waals surface area (Å²) in [5.41, 5.74) is 0. The van der Waals surface area contributed by atoms with Crippen molar-refractivity contribution in [3.63, 3.8) is 0 Å². The summed E-state index contributed by atoms with van der Waals surface area (Å²) in [4.78, 5) is 10.6. The van der Waals surface area contributed by atoms with E-state index in [0.29, 0.717) is 5.75 Å². The van der Waals surface area contributed by atoms with Crippen molar-refractivity contribution in [2.45, 2.75) is 13.0 Å². The normalized spacial score (nSPS) is 12.2. The third kappa shape index (κ3) is 3.36. The quantitative estimate of drug-likeness (QED) is 0.784. The van der Waals surface area contributed by atoms with E-state index in [1.54, 1.807) is 19.1 Å². The predicted octanol–water partition coefficient (Wildman–Crippen LogP) is 2.98. The molecule has 1 rings (SSSR count). The molecule has 0 aliphatic heterocycles. The zero-order valence-electron chi connectivity index (χ0n) is 6.96. The lowest BCUT2D eigenvalue weighted by Crippen LogP contribution is -2.18. The van der Waals surface area contributed by atoms with E-state index in [-0.39, 0.29) is 0 Å². The predicted molar refractivity (Wildman–Crippen MR) is 55.1 cm³/mol. The van der Waals surface area contributed by atoms with Crippen LogP contribution in [0.1, 0.15) is 6.92 Å². The van der Waals surface area contributed by atoms with E-state index in [4.69, 9.17) is 16.3 Å². The number of hydrogen-bond acceptors (Lipinski definition) is 2. The lowest BCUT2D eigenvalue weighted by Gasteiger charge is -2.09. The van der Waals surface area contributed by atoms with Crippen molar-refractivity contribution in [3.8, 4) is 5.75 Å². The van der Waals surface area contributed by atoms with Gasteiger partial charge in [-0.25, -0.2) is 0 Å². The Kier molecular flexibility index (Phi) is 3.75. The molecule has 0 bridgehead atoms. The monoisotopic (exact) mass is 262 g/mol. The molecule has 0 saturated heterocycles. The van der Waals surface area contributed by atoms with Crippen LogP contribution in [0.5, 0.6) is 5.75 Å². The molecular weight excluding hydrogens is 255 g/mol. The van der Waals surface area contributed by atoms with Gasteiger partial charge < -0.3 is 4.74 Å². The number of rotatable bonds is 3. The first-order chi connectivity index (χ1) is 6.09. The van der Waals surface area contributed by atoms with Crippen molar-refractivity contribution in [2.24, 2.45) is 0 Å². The van der Waals surface area contributed by atoms with Gasteiger partial charge in [-0.2, -0.15) is 0 Å². The molecule has 1 aromatic carbocycles. The molecule has 0 fully saturated rings. The fraction of sp³-hybridized carbons (Fsp3) is 0.222. The Hall–Kier alpha value is -0.540. The van der Waals surface area contributed by atoms with Crippen LogP contribution in [0.25, 0.3) is 0 Å². The van der Waals surface area contributed by atoms with Gasteiger partial charge in [0.2, 0.25) is 0 Å². The molecule has 1 aromatic rings. The zero-order chi connectivity index (χ0) is 9.84. The highest BCUT2D eigenvalue weighted by Crippen LogP contribution is 2.17. The van der Waals surface area contributed by atoms with Crippen LogP contribution >= 0.6 is 27.5 Å².